The summed E-state index contributed by atoms with van der Waals surface area (Å²) in [5.41, 5.74) is 17.0. The number of pyridine rings is 1. The minimum absolute atomic E-state index is 0.709. The van der Waals surface area contributed by atoms with Crippen molar-refractivity contribution in [3.8, 4) is 84.4 Å². The first-order valence-corrected chi connectivity index (χ1v) is 20.6. The molecule has 0 aliphatic rings. The smallest absolute Gasteiger partial charge is 0.160 e. The fraction of sp³-hybridized carbons (Fsp3) is 0. The SMILES string of the molecule is c1ccc(-c2cc(-c3ccc(-c4cccc(-c5cccc(-c6cccc(-c7ccc(-n8c9ccccc9c9ccccc98)cc7)c6)n5)c4)cc3)nc(-c3ccccc3)n2)cc1. The highest BCUT2D eigenvalue weighted by Gasteiger charge is 2.14. The van der Waals surface area contributed by atoms with Gasteiger partial charge in [-0.3, -0.25) is 0 Å². The van der Waals surface area contributed by atoms with Crippen molar-refractivity contribution in [1.82, 2.24) is 19.5 Å². The van der Waals surface area contributed by atoms with E-state index in [1.807, 2.05) is 36.4 Å². The van der Waals surface area contributed by atoms with Crippen LogP contribution in [0.4, 0.5) is 0 Å². The van der Waals surface area contributed by atoms with Gasteiger partial charge in [0.25, 0.3) is 0 Å². The number of rotatable bonds is 8. The molecular weight excluding hydrogens is 741 g/mol. The summed E-state index contributed by atoms with van der Waals surface area (Å²) in [4.78, 5) is 15.2. The lowest BCUT2D eigenvalue weighted by Gasteiger charge is -2.11. The molecule has 3 heterocycles. The van der Waals surface area contributed by atoms with Gasteiger partial charge in [-0.1, -0.05) is 176 Å². The van der Waals surface area contributed by atoms with Crippen LogP contribution < -0.4 is 0 Å². The predicted octanol–water partition coefficient (Wildman–Crippen LogP) is 14.6. The van der Waals surface area contributed by atoms with E-state index in [2.05, 4.69) is 199 Å². The predicted molar refractivity (Wildman–Crippen MR) is 252 cm³/mol. The van der Waals surface area contributed by atoms with Crippen LogP contribution >= 0.6 is 0 Å². The van der Waals surface area contributed by atoms with Crippen LogP contribution in [-0.2, 0) is 0 Å². The highest BCUT2D eigenvalue weighted by atomic mass is 15.0. The van der Waals surface area contributed by atoms with E-state index in [-0.39, 0.29) is 0 Å². The lowest BCUT2D eigenvalue weighted by Crippen LogP contribution is -1.95. The Morgan fingerprint density at radius 1 is 0.246 bits per heavy atom. The first kappa shape index (κ1) is 35.9. The maximum atomic E-state index is 5.19. The van der Waals surface area contributed by atoms with Gasteiger partial charge in [0.1, 0.15) is 0 Å². The maximum Gasteiger partial charge on any atom is 0.160 e. The molecular formula is C57H38N4. The zero-order valence-electron chi connectivity index (χ0n) is 33.2. The number of nitrogens with zero attached hydrogens (tertiary/aromatic N) is 4. The second-order valence-corrected chi connectivity index (χ2v) is 15.3. The van der Waals surface area contributed by atoms with Crippen molar-refractivity contribution in [2.45, 2.75) is 0 Å². The molecule has 0 fully saturated rings. The molecule has 0 bridgehead atoms. The van der Waals surface area contributed by atoms with Crippen molar-refractivity contribution >= 4 is 21.8 Å². The Bertz CT molecular complexity index is 3220. The molecule has 0 radical (unpaired) electrons. The topological polar surface area (TPSA) is 43.6 Å². The average Bonchev–Trinajstić information content (AvgIpc) is 3.69. The summed E-state index contributed by atoms with van der Waals surface area (Å²) in [6.07, 6.45) is 0. The minimum atomic E-state index is 0.709. The number of hydrogen-bond donors (Lipinski definition) is 0. The molecule has 4 heteroatoms. The number of para-hydroxylation sites is 2. The molecule has 0 aliphatic heterocycles. The van der Waals surface area contributed by atoms with Gasteiger partial charge < -0.3 is 4.57 Å². The van der Waals surface area contributed by atoms with Crippen molar-refractivity contribution < 1.29 is 0 Å². The summed E-state index contributed by atoms with van der Waals surface area (Å²) in [6, 6.07) is 80.9. The quantitative estimate of drug-likeness (QED) is 0.154. The van der Waals surface area contributed by atoms with Crippen LogP contribution in [0, 0.1) is 0 Å². The minimum Gasteiger partial charge on any atom is -0.309 e. The average molecular weight is 779 g/mol. The van der Waals surface area contributed by atoms with Gasteiger partial charge in [-0.25, -0.2) is 15.0 Å². The molecule has 0 spiro atoms. The molecule has 0 aliphatic carbocycles. The number of fused-ring (bicyclic) bond motifs is 3. The second kappa shape index (κ2) is 15.5. The van der Waals surface area contributed by atoms with E-state index in [1.165, 1.54) is 21.8 Å². The summed E-state index contributed by atoms with van der Waals surface area (Å²) >= 11 is 0. The van der Waals surface area contributed by atoms with Gasteiger partial charge in [0.2, 0.25) is 0 Å². The van der Waals surface area contributed by atoms with Crippen LogP contribution in [0.1, 0.15) is 0 Å². The van der Waals surface area contributed by atoms with Gasteiger partial charge in [0, 0.05) is 44.3 Å². The number of benzene rings is 8. The Morgan fingerprint density at radius 2 is 0.656 bits per heavy atom. The zero-order chi connectivity index (χ0) is 40.5. The fourth-order valence-electron chi connectivity index (χ4n) is 8.38. The Balaban J connectivity index is 0.861. The molecule has 8 aromatic carbocycles. The zero-order valence-corrected chi connectivity index (χ0v) is 33.2. The van der Waals surface area contributed by atoms with Gasteiger partial charge in [-0.15, -0.1) is 0 Å². The summed E-state index contributed by atoms with van der Waals surface area (Å²) < 4.78 is 2.35. The van der Waals surface area contributed by atoms with E-state index >= 15 is 0 Å². The Labute approximate surface area is 354 Å². The third-order valence-corrected chi connectivity index (χ3v) is 11.4. The molecule has 61 heavy (non-hydrogen) atoms. The van der Waals surface area contributed by atoms with Crippen LogP contribution in [0.25, 0.3) is 106 Å². The largest absolute Gasteiger partial charge is 0.309 e. The molecule has 0 saturated heterocycles. The summed E-state index contributed by atoms with van der Waals surface area (Å²) in [6.45, 7) is 0. The van der Waals surface area contributed by atoms with E-state index in [4.69, 9.17) is 15.0 Å². The lowest BCUT2D eigenvalue weighted by molar-refractivity contribution is 1.18. The molecule has 0 N–H and O–H groups in total. The molecule has 0 atom stereocenters. The van der Waals surface area contributed by atoms with Crippen molar-refractivity contribution in [2.24, 2.45) is 0 Å². The van der Waals surface area contributed by atoms with Crippen molar-refractivity contribution in [2.75, 3.05) is 0 Å². The third-order valence-electron chi connectivity index (χ3n) is 11.4. The molecule has 3 aromatic heterocycles. The first-order chi connectivity index (χ1) is 30.2. The highest BCUT2D eigenvalue weighted by molar-refractivity contribution is 6.09. The van der Waals surface area contributed by atoms with Gasteiger partial charge in [-0.05, 0) is 76.9 Å². The van der Waals surface area contributed by atoms with E-state index in [9.17, 15) is 0 Å². The van der Waals surface area contributed by atoms with Crippen LogP contribution in [0.15, 0.2) is 231 Å². The van der Waals surface area contributed by atoms with Gasteiger partial charge in [0.15, 0.2) is 5.82 Å². The molecule has 11 aromatic rings. The summed E-state index contributed by atoms with van der Waals surface area (Å²) in [5, 5.41) is 2.53. The van der Waals surface area contributed by atoms with Crippen molar-refractivity contribution in [1.29, 1.82) is 0 Å². The molecule has 286 valence electrons. The Morgan fingerprint density at radius 3 is 1.21 bits per heavy atom. The van der Waals surface area contributed by atoms with E-state index in [0.29, 0.717) is 5.82 Å². The van der Waals surface area contributed by atoms with Gasteiger partial charge in [0.05, 0.1) is 33.8 Å². The third kappa shape index (κ3) is 6.96. The Hall–Kier alpha value is -8.21. The van der Waals surface area contributed by atoms with Crippen LogP contribution in [0.5, 0.6) is 0 Å². The van der Waals surface area contributed by atoms with E-state index in [0.717, 1.165) is 78.5 Å². The standard InChI is InChI=1S/C57H38N4/c1-3-14-41(15-4-1)53-38-54(60-57(59-53)43-16-5-2-6-17-43)42-30-28-39(29-31-42)44-18-11-20-46(36-44)51-24-13-25-52(58-51)47-21-12-19-45(37-47)40-32-34-48(35-33-40)61-55-26-9-7-22-49(55)50-23-8-10-27-56(50)61/h1-38H. The lowest BCUT2D eigenvalue weighted by atomic mass is 9.98. The van der Waals surface area contributed by atoms with Crippen molar-refractivity contribution in [3.63, 3.8) is 0 Å². The molecule has 4 nitrogen and oxygen atoms in total. The molecule has 0 amide bonds. The normalized spacial score (nSPS) is 11.3. The molecule has 0 saturated carbocycles. The van der Waals surface area contributed by atoms with Gasteiger partial charge >= 0.3 is 0 Å². The summed E-state index contributed by atoms with van der Waals surface area (Å²) in [7, 11) is 0. The van der Waals surface area contributed by atoms with Crippen LogP contribution in [0.3, 0.4) is 0 Å². The first-order valence-electron chi connectivity index (χ1n) is 20.6. The molecule has 0 unspecified atom stereocenters. The molecule has 11 rings (SSSR count). The van der Waals surface area contributed by atoms with E-state index < -0.39 is 0 Å². The number of hydrogen-bond acceptors (Lipinski definition) is 3. The monoisotopic (exact) mass is 778 g/mol. The Kier molecular flexibility index (Phi) is 9.14. The fourth-order valence-corrected chi connectivity index (χ4v) is 8.38. The summed E-state index contributed by atoms with van der Waals surface area (Å²) in [5.74, 6) is 0.709. The maximum absolute atomic E-state index is 5.19. The van der Waals surface area contributed by atoms with Gasteiger partial charge in [-0.2, -0.15) is 0 Å². The van der Waals surface area contributed by atoms with Crippen LogP contribution in [0.2, 0.25) is 0 Å². The number of aromatic nitrogens is 4. The highest BCUT2D eigenvalue weighted by Crippen LogP contribution is 2.35. The van der Waals surface area contributed by atoms with Crippen LogP contribution in [-0.4, -0.2) is 19.5 Å². The second-order valence-electron chi connectivity index (χ2n) is 15.3. The van der Waals surface area contributed by atoms with Crippen molar-refractivity contribution in [3.05, 3.63) is 231 Å². The van der Waals surface area contributed by atoms with E-state index in [1.54, 1.807) is 0 Å².